The van der Waals surface area contributed by atoms with Gasteiger partial charge in [-0.2, -0.15) is 0 Å². The van der Waals surface area contributed by atoms with Crippen LogP contribution in [0.25, 0.3) is 0 Å². The second-order valence-electron chi connectivity index (χ2n) is 3.85. The van der Waals surface area contributed by atoms with Crippen LogP contribution in [0.2, 0.25) is 0 Å². The molecule has 2 atom stereocenters. The Morgan fingerprint density at radius 2 is 2.35 bits per heavy atom. The van der Waals surface area contributed by atoms with Gasteiger partial charge < -0.3 is 11.1 Å². The minimum Gasteiger partial charge on any atom is -0.349 e. The first-order chi connectivity index (χ1) is 8.02. The summed E-state index contributed by atoms with van der Waals surface area (Å²) in [6.45, 7) is 2.12. The summed E-state index contributed by atoms with van der Waals surface area (Å²) in [6.07, 6.45) is 3.17. The second-order valence-corrected chi connectivity index (χ2v) is 5.33. The van der Waals surface area contributed by atoms with Gasteiger partial charge in [-0.05, 0) is 19.1 Å². The average Bonchev–Trinajstić information content (AvgIpc) is 2.27. The molecule has 0 aliphatic heterocycles. The lowest BCUT2D eigenvalue weighted by Crippen LogP contribution is -2.36. The van der Waals surface area contributed by atoms with Crippen LogP contribution in [-0.2, 0) is 17.3 Å². The molecule has 0 spiro atoms. The molecule has 94 valence electrons. The molecule has 2 unspecified atom stereocenters. The van der Waals surface area contributed by atoms with Gasteiger partial charge in [-0.25, -0.2) is 0 Å². The molecule has 0 radical (unpaired) electrons. The number of nitrogens with one attached hydrogen (secondary N) is 1. The van der Waals surface area contributed by atoms with Gasteiger partial charge in [0.05, 0.1) is 5.69 Å². The van der Waals surface area contributed by atoms with Crippen LogP contribution in [0.3, 0.4) is 0 Å². The standard InChI is InChI=1S/C11H17N3O2S/c1-8(7-17(2)16)14-11(15)9-3-4-13-10(5-9)6-12/h3-5,8H,6-7,12H2,1-2H3,(H,14,15). The van der Waals surface area contributed by atoms with Gasteiger partial charge in [-0.1, -0.05) is 0 Å². The van der Waals surface area contributed by atoms with Crippen molar-refractivity contribution in [3.63, 3.8) is 0 Å². The SMILES string of the molecule is CC(CS(C)=O)NC(=O)c1ccnc(CN)c1. The Hall–Kier alpha value is -1.27. The Morgan fingerprint density at radius 1 is 1.65 bits per heavy atom. The summed E-state index contributed by atoms with van der Waals surface area (Å²) in [4.78, 5) is 15.8. The number of aromatic nitrogens is 1. The lowest BCUT2D eigenvalue weighted by atomic mass is 10.2. The molecule has 1 heterocycles. The van der Waals surface area contributed by atoms with E-state index in [0.717, 1.165) is 0 Å². The van der Waals surface area contributed by atoms with Crippen LogP contribution < -0.4 is 11.1 Å². The highest BCUT2D eigenvalue weighted by Crippen LogP contribution is 2.02. The zero-order valence-electron chi connectivity index (χ0n) is 9.97. The molecule has 0 bridgehead atoms. The minimum absolute atomic E-state index is 0.122. The van der Waals surface area contributed by atoms with Crippen LogP contribution in [0, 0.1) is 0 Å². The van der Waals surface area contributed by atoms with E-state index in [1.807, 2.05) is 6.92 Å². The number of amides is 1. The summed E-state index contributed by atoms with van der Waals surface area (Å²) in [5, 5.41) is 2.78. The molecule has 0 saturated carbocycles. The number of hydrogen-bond donors (Lipinski definition) is 2. The molecule has 0 saturated heterocycles. The van der Waals surface area contributed by atoms with Crippen LogP contribution in [0.1, 0.15) is 23.0 Å². The van der Waals surface area contributed by atoms with Crippen molar-refractivity contribution in [2.45, 2.75) is 19.5 Å². The first-order valence-corrected chi connectivity index (χ1v) is 7.01. The van der Waals surface area contributed by atoms with Crippen molar-refractivity contribution in [2.75, 3.05) is 12.0 Å². The average molecular weight is 255 g/mol. The molecule has 3 N–H and O–H groups in total. The second kappa shape index (κ2) is 6.46. The molecule has 0 aromatic carbocycles. The molecule has 0 fully saturated rings. The smallest absolute Gasteiger partial charge is 0.251 e. The molecule has 1 rings (SSSR count). The fourth-order valence-electron chi connectivity index (χ4n) is 1.43. The molecule has 1 aromatic rings. The maximum absolute atomic E-state index is 11.8. The summed E-state index contributed by atoms with van der Waals surface area (Å²) in [7, 11) is -0.922. The van der Waals surface area contributed by atoms with Gasteiger partial charge >= 0.3 is 0 Å². The zero-order valence-corrected chi connectivity index (χ0v) is 10.8. The van der Waals surface area contributed by atoms with Crippen LogP contribution in [0.4, 0.5) is 0 Å². The van der Waals surface area contributed by atoms with Crippen molar-refractivity contribution in [1.82, 2.24) is 10.3 Å². The Bertz CT molecular complexity index is 423. The van der Waals surface area contributed by atoms with E-state index in [4.69, 9.17) is 5.73 Å². The number of pyridine rings is 1. The predicted octanol–water partition coefficient (Wildman–Crippen LogP) is 0.0371. The van der Waals surface area contributed by atoms with E-state index < -0.39 is 10.8 Å². The van der Waals surface area contributed by atoms with E-state index >= 15 is 0 Å². The Kier molecular flexibility index (Phi) is 5.24. The number of hydrogen-bond acceptors (Lipinski definition) is 4. The van der Waals surface area contributed by atoms with Gasteiger partial charge in [-0.3, -0.25) is 14.0 Å². The van der Waals surface area contributed by atoms with Crippen LogP contribution in [0.5, 0.6) is 0 Å². The zero-order chi connectivity index (χ0) is 12.8. The number of nitrogens with zero attached hydrogens (tertiary/aromatic N) is 1. The summed E-state index contributed by atoms with van der Waals surface area (Å²) in [5.41, 5.74) is 6.64. The fraction of sp³-hybridized carbons (Fsp3) is 0.455. The third-order valence-electron chi connectivity index (χ3n) is 2.15. The van der Waals surface area contributed by atoms with Crippen molar-refractivity contribution in [2.24, 2.45) is 5.73 Å². The highest BCUT2D eigenvalue weighted by Gasteiger charge is 2.11. The van der Waals surface area contributed by atoms with Crippen molar-refractivity contribution in [1.29, 1.82) is 0 Å². The molecule has 0 aliphatic rings. The van der Waals surface area contributed by atoms with Crippen molar-refractivity contribution in [3.05, 3.63) is 29.6 Å². The van der Waals surface area contributed by atoms with E-state index in [2.05, 4.69) is 10.3 Å². The van der Waals surface area contributed by atoms with Gasteiger partial charge in [0.15, 0.2) is 0 Å². The summed E-state index contributed by atoms with van der Waals surface area (Å²) >= 11 is 0. The fourth-order valence-corrected chi connectivity index (χ4v) is 2.22. The normalized spacial score (nSPS) is 14.1. The number of carbonyl (C=O) groups is 1. The van der Waals surface area contributed by atoms with Crippen molar-refractivity contribution in [3.8, 4) is 0 Å². The monoisotopic (exact) mass is 255 g/mol. The van der Waals surface area contributed by atoms with Crippen molar-refractivity contribution < 1.29 is 9.00 Å². The maximum Gasteiger partial charge on any atom is 0.251 e. The summed E-state index contributed by atoms with van der Waals surface area (Å²) in [6, 6.07) is 3.16. The highest BCUT2D eigenvalue weighted by atomic mass is 32.2. The van der Waals surface area contributed by atoms with E-state index in [1.165, 1.54) is 0 Å². The largest absolute Gasteiger partial charge is 0.349 e. The number of nitrogens with two attached hydrogens (primary N) is 1. The van der Waals surface area contributed by atoms with Gasteiger partial charge in [0.2, 0.25) is 0 Å². The predicted molar refractivity (Wildman–Crippen MR) is 68.0 cm³/mol. The summed E-state index contributed by atoms with van der Waals surface area (Å²) < 4.78 is 11.0. The van der Waals surface area contributed by atoms with Gasteiger partial charge in [0, 0.05) is 47.2 Å². The van der Waals surface area contributed by atoms with E-state index in [0.29, 0.717) is 23.6 Å². The maximum atomic E-state index is 11.8. The quantitative estimate of drug-likeness (QED) is 0.778. The molecule has 1 amide bonds. The Morgan fingerprint density at radius 3 is 2.94 bits per heavy atom. The third-order valence-corrected chi connectivity index (χ3v) is 3.12. The molecule has 0 aliphatic carbocycles. The molecule has 5 nitrogen and oxygen atoms in total. The topological polar surface area (TPSA) is 85.1 Å². The molecular weight excluding hydrogens is 238 g/mol. The molecule has 1 aromatic heterocycles. The molecular formula is C11H17N3O2S. The first kappa shape index (κ1) is 13.8. The summed E-state index contributed by atoms with van der Waals surface area (Å²) in [5.74, 6) is 0.251. The van der Waals surface area contributed by atoms with E-state index in [-0.39, 0.29) is 11.9 Å². The van der Waals surface area contributed by atoms with E-state index in [1.54, 1.807) is 24.6 Å². The lowest BCUT2D eigenvalue weighted by Gasteiger charge is -2.12. The first-order valence-electron chi connectivity index (χ1n) is 5.28. The Balaban J connectivity index is 2.66. The number of carbonyl (C=O) groups excluding carboxylic acids is 1. The Labute approximate surface area is 103 Å². The van der Waals surface area contributed by atoms with Gasteiger partial charge in [0.1, 0.15) is 0 Å². The molecule has 6 heteroatoms. The van der Waals surface area contributed by atoms with E-state index in [9.17, 15) is 9.00 Å². The van der Waals surface area contributed by atoms with Crippen LogP contribution in [0.15, 0.2) is 18.3 Å². The van der Waals surface area contributed by atoms with Crippen LogP contribution in [-0.4, -0.2) is 33.2 Å². The van der Waals surface area contributed by atoms with Crippen molar-refractivity contribution >= 4 is 16.7 Å². The molecule has 17 heavy (non-hydrogen) atoms. The van der Waals surface area contributed by atoms with Gasteiger partial charge in [0.25, 0.3) is 5.91 Å². The lowest BCUT2D eigenvalue weighted by molar-refractivity contribution is 0.0943. The number of rotatable bonds is 5. The highest BCUT2D eigenvalue weighted by molar-refractivity contribution is 7.84. The van der Waals surface area contributed by atoms with Crippen LogP contribution >= 0.6 is 0 Å². The van der Waals surface area contributed by atoms with Gasteiger partial charge in [-0.15, -0.1) is 0 Å². The third kappa shape index (κ3) is 4.62. The minimum atomic E-state index is -0.922.